The molecule has 1 aliphatic rings. The van der Waals surface area contributed by atoms with Crippen molar-refractivity contribution in [2.75, 3.05) is 7.11 Å². The third kappa shape index (κ3) is 1.55. The monoisotopic (exact) mass is 174 g/mol. The summed E-state index contributed by atoms with van der Waals surface area (Å²) in [6.07, 6.45) is -1.23. The van der Waals surface area contributed by atoms with Crippen LogP contribution in [0.4, 0.5) is 0 Å². The van der Waals surface area contributed by atoms with Gasteiger partial charge in [0.05, 0.1) is 7.11 Å². The Kier molecular flexibility index (Phi) is 2.06. The number of ether oxygens (including phenoxy) is 3. The largest absolute Gasteiger partial charge is 0.467 e. The lowest BCUT2D eigenvalue weighted by Gasteiger charge is -2.14. The Bertz CT molecular complexity index is 220. The van der Waals surface area contributed by atoms with Gasteiger partial charge >= 0.3 is 11.9 Å². The lowest BCUT2D eigenvalue weighted by Crippen LogP contribution is -2.29. The summed E-state index contributed by atoms with van der Waals surface area (Å²) < 4.78 is 14.0. The second kappa shape index (κ2) is 2.75. The highest BCUT2D eigenvalue weighted by Gasteiger charge is 2.45. The minimum absolute atomic E-state index is 0.702. The van der Waals surface area contributed by atoms with Crippen molar-refractivity contribution >= 4 is 11.9 Å². The molecule has 0 radical (unpaired) electrons. The number of hydrogen-bond donors (Lipinski definition) is 0. The molecule has 0 aromatic carbocycles. The smallest absolute Gasteiger partial charge is 0.349 e. The van der Waals surface area contributed by atoms with E-state index in [9.17, 15) is 9.59 Å². The molecule has 0 N–H and O–H groups in total. The Morgan fingerprint density at radius 1 is 1.58 bits per heavy atom. The molecular formula is C7H10O5. The maximum Gasteiger partial charge on any atom is 0.349 e. The van der Waals surface area contributed by atoms with Crippen molar-refractivity contribution in [1.82, 2.24) is 0 Å². The van der Waals surface area contributed by atoms with Crippen LogP contribution < -0.4 is 0 Å². The van der Waals surface area contributed by atoms with Crippen LogP contribution >= 0.6 is 0 Å². The number of rotatable bonds is 1. The SMILES string of the molecule is COC(=O)C1OC(C)(C)OC1=O. The van der Waals surface area contributed by atoms with E-state index in [0.29, 0.717) is 0 Å². The van der Waals surface area contributed by atoms with E-state index in [4.69, 9.17) is 9.47 Å². The molecule has 1 saturated heterocycles. The highest BCUT2D eigenvalue weighted by atomic mass is 16.8. The van der Waals surface area contributed by atoms with Gasteiger partial charge in [0, 0.05) is 13.8 Å². The Morgan fingerprint density at radius 2 is 2.17 bits per heavy atom. The van der Waals surface area contributed by atoms with Gasteiger partial charge in [-0.25, -0.2) is 9.59 Å². The van der Waals surface area contributed by atoms with Crippen molar-refractivity contribution in [3.8, 4) is 0 Å². The van der Waals surface area contributed by atoms with Gasteiger partial charge in [0.15, 0.2) is 0 Å². The lowest BCUT2D eigenvalue weighted by atomic mass is 10.4. The van der Waals surface area contributed by atoms with Crippen LogP contribution in [0.5, 0.6) is 0 Å². The fourth-order valence-corrected chi connectivity index (χ4v) is 0.903. The van der Waals surface area contributed by atoms with Crippen molar-refractivity contribution in [2.45, 2.75) is 25.7 Å². The zero-order valence-corrected chi connectivity index (χ0v) is 7.12. The topological polar surface area (TPSA) is 61.8 Å². The molecule has 5 nitrogen and oxygen atoms in total. The van der Waals surface area contributed by atoms with E-state index in [1.165, 1.54) is 7.11 Å². The molecule has 1 heterocycles. The number of esters is 2. The summed E-state index contributed by atoms with van der Waals surface area (Å²) in [7, 11) is 1.18. The molecule has 1 rings (SSSR count). The standard InChI is InChI=1S/C7H10O5/c1-7(2)11-4(5(8)10-3)6(9)12-7/h4H,1-3H3. The number of cyclic esters (lactones) is 1. The third-order valence-electron chi connectivity index (χ3n) is 1.38. The van der Waals surface area contributed by atoms with Crippen molar-refractivity contribution in [3.63, 3.8) is 0 Å². The van der Waals surface area contributed by atoms with Crippen LogP contribution in [-0.4, -0.2) is 30.9 Å². The second-order valence-corrected chi connectivity index (χ2v) is 2.84. The molecule has 1 fully saturated rings. The molecule has 1 aliphatic heterocycles. The van der Waals surface area contributed by atoms with Gasteiger partial charge in [-0.05, 0) is 0 Å². The normalized spacial score (nSPS) is 26.6. The summed E-state index contributed by atoms with van der Waals surface area (Å²) in [5.41, 5.74) is 0. The highest BCUT2D eigenvalue weighted by molar-refractivity contribution is 5.99. The van der Waals surface area contributed by atoms with Gasteiger partial charge in [-0.3, -0.25) is 0 Å². The average Bonchev–Trinajstić information content (AvgIpc) is 2.23. The quantitative estimate of drug-likeness (QED) is 0.408. The number of carbonyl (C=O) groups is 2. The summed E-state index contributed by atoms with van der Waals surface area (Å²) in [5.74, 6) is -2.46. The summed E-state index contributed by atoms with van der Waals surface area (Å²) in [4.78, 5) is 21.8. The molecule has 0 amide bonds. The predicted octanol–water partition coefficient (Wildman–Crippen LogP) is -0.163. The van der Waals surface area contributed by atoms with E-state index < -0.39 is 23.8 Å². The molecular weight excluding hydrogens is 164 g/mol. The Labute approximate surface area is 69.6 Å². The van der Waals surface area contributed by atoms with Gasteiger partial charge in [0.2, 0.25) is 5.79 Å². The van der Waals surface area contributed by atoms with Crippen LogP contribution in [0.15, 0.2) is 0 Å². The van der Waals surface area contributed by atoms with E-state index in [2.05, 4.69) is 4.74 Å². The van der Waals surface area contributed by atoms with Crippen LogP contribution in [0.3, 0.4) is 0 Å². The Morgan fingerprint density at radius 3 is 2.50 bits per heavy atom. The zero-order chi connectivity index (χ0) is 9.35. The molecule has 0 aromatic rings. The molecule has 5 heteroatoms. The maximum absolute atomic E-state index is 10.9. The van der Waals surface area contributed by atoms with Crippen molar-refractivity contribution in [3.05, 3.63) is 0 Å². The van der Waals surface area contributed by atoms with E-state index in [-0.39, 0.29) is 0 Å². The van der Waals surface area contributed by atoms with Crippen molar-refractivity contribution in [2.24, 2.45) is 0 Å². The van der Waals surface area contributed by atoms with Crippen LogP contribution in [0.25, 0.3) is 0 Å². The van der Waals surface area contributed by atoms with Crippen LogP contribution in [0, 0.1) is 0 Å². The van der Waals surface area contributed by atoms with E-state index in [1.807, 2.05) is 0 Å². The first-order valence-electron chi connectivity index (χ1n) is 3.45. The third-order valence-corrected chi connectivity index (χ3v) is 1.38. The maximum atomic E-state index is 10.9. The van der Waals surface area contributed by atoms with E-state index in [0.717, 1.165) is 0 Å². The van der Waals surface area contributed by atoms with E-state index >= 15 is 0 Å². The van der Waals surface area contributed by atoms with Gasteiger partial charge < -0.3 is 14.2 Å². The van der Waals surface area contributed by atoms with Crippen molar-refractivity contribution in [1.29, 1.82) is 0 Å². The number of methoxy groups -OCH3 is 1. The molecule has 1 atom stereocenters. The fourth-order valence-electron chi connectivity index (χ4n) is 0.903. The molecule has 0 bridgehead atoms. The first-order chi connectivity index (χ1) is 5.46. The molecule has 1 unspecified atom stereocenters. The zero-order valence-electron chi connectivity index (χ0n) is 7.12. The van der Waals surface area contributed by atoms with E-state index in [1.54, 1.807) is 13.8 Å². The first kappa shape index (κ1) is 8.99. The number of carbonyl (C=O) groups excluding carboxylic acids is 2. The summed E-state index contributed by atoms with van der Waals surface area (Å²) >= 11 is 0. The lowest BCUT2D eigenvalue weighted by molar-refractivity contribution is -0.169. The van der Waals surface area contributed by atoms with Crippen LogP contribution in [0.2, 0.25) is 0 Å². The van der Waals surface area contributed by atoms with Gasteiger partial charge in [0.1, 0.15) is 0 Å². The molecule has 0 spiro atoms. The van der Waals surface area contributed by atoms with Gasteiger partial charge in [-0.2, -0.15) is 0 Å². The summed E-state index contributed by atoms with van der Waals surface area (Å²) in [6.45, 7) is 3.10. The average molecular weight is 174 g/mol. The minimum Gasteiger partial charge on any atom is -0.467 e. The van der Waals surface area contributed by atoms with Crippen LogP contribution in [0.1, 0.15) is 13.8 Å². The summed E-state index contributed by atoms with van der Waals surface area (Å²) in [6, 6.07) is 0. The molecule has 0 aliphatic carbocycles. The molecule has 0 aromatic heterocycles. The first-order valence-corrected chi connectivity index (χ1v) is 3.45. The molecule has 0 saturated carbocycles. The number of hydrogen-bond acceptors (Lipinski definition) is 5. The predicted molar refractivity (Wildman–Crippen MR) is 37.1 cm³/mol. The van der Waals surface area contributed by atoms with Crippen molar-refractivity contribution < 1.29 is 23.8 Å². The van der Waals surface area contributed by atoms with Gasteiger partial charge in [0.25, 0.3) is 6.10 Å². The van der Waals surface area contributed by atoms with Gasteiger partial charge in [-0.1, -0.05) is 0 Å². The summed E-state index contributed by atoms with van der Waals surface area (Å²) in [5, 5.41) is 0. The second-order valence-electron chi connectivity index (χ2n) is 2.84. The highest BCUT2D eigenvalue weighted by Crippen LogP contribution is 2.23. The molecule has 12 heavy (non-hydrogen) atoms. The Hall–Kier alpha value is -1.10. The fraction of sp³-hybridized carbons (Fsp3) is 0.714. The molecule has 68 valence electrons. The Balaban J connectivity index is 2.71. The van der Waals surface area contributed by atoms with Gasteiger partial charge in [-0.15, -0.1) is 0 Å². The van der Waals surface area contributed by atoms with Crippen LogP contribution in [-0.2, 0) is 23.8 Å². The minimum atomic E-state index is -1.23.